The molecule has 1 aliphatic heterocycles. The van der Waals surface area contributed by atoms with Crippen LogP contribution in [0, 0.1) is 5.82 Å². The highest BCUT2D eigenvalue weighted by atomic mass is 19.1. The Kier molecular flexibility index (Phi) is 4.32. The van der Waals surface area contributed by atoms with E-state index in [1.165, 1.54) is 13.0 Å². The van der Waals surface area contributed by atoms with Crippen molar-refractivity contribution in [3.05, 3.63) is 42.2 Å². The van der Waals surface area contributed by atoms with Crippen LogP contribution in [0.1, 0.15) is 17.3 Å². The first-order chi connectivity index (χ1) is 9.13. The molecule has 1 heterocycles. The third-order valence-electron chi connectivity index (χ3n) is 3.46. The zero-order valence-corrected chi connectivity index (χ0v) is 11.2. The van der Waals surface area contributed by atoms with Crippen molar-refractivity contribution in [2.75, 3.05) is 37.6 Å². The Morgan fingerprint density at radius 2 is 2.05 bits per heavy atom. The van der Waals surface area contributed by atoms with Gasteiger partial charge in [0.2, 0.25) is 0 Å². The SMILES string of the molecule is C=CCN1CCN(c2cccc(C(C)=O)c2F)CC1. The standard InChI is InChI=1S/C15H19FN2O/c1-3-7-17-8-10-18(11-9-17)14-6-4-5-13(12(2)19)15(14)16/h3-6H,1,7-11H2,2H3. The van der Waals surface area contributed by atoms with Gasteiger partial charge in [0.1, 0.15) is 0 Å². The predicted octanol–water partition coefficient (Wildman–Crippen LogP) is 2.34. The van der Waals surface area contributed by atoms with Crippen LogP contribution in [-0.4, -0.2) is 43.4 Å². The van der Waals surface area contributed by atoms with Crippen molar-refractivity contribution in [1.29, 1.82) is 0 Å². The number of nitrogens with zero attached hydrogens (tertiary/aromatic N) is 2. The summed E-state index contributed by atoms with van der Waals surface area (Å²) in [5, 5.41) is 0. The lowest BCUT2D eigenvalue weighted by Gasteiger charge is -2.35. The Labute approximate surface area is 113 Å². The van der Waals surface area contributed by atoms with E-state index in [1.54, 1.807) is 12.1 Å². The van der Waals surface area contributed by atoms with Gasteiger partial charge < -0.3 is 4.90 Å². The molecule has 4 heteroatoms. The fraction of sp³-hybridized carbons (Fsp3) is 0.400. The second-order valence-electron chi connectivity index (χ2n) is 4.77. The highest BCUT2D eigenvalue weighted by molar-refractivity contribution is 5.95. The Bertz CT molecular complexity index is 479. The van der Waals surface area contributed by atoms with E-state index < -0.39 is 5.82 Å². The Balaban J connectivity index is 2.13. The summed E-state index contributed by atoms with van der Waals surface area (Å²) in [4.78, 5) is 15.6. The molecule has 3 nitrogen and oxygen atoms in total. The van der Waals surface area contributed by atoms with Crippen LogP contribution in [0.2, 0.25) is 0 Å². The number of anilines is 1. The maximum atomic E-state index is 14.3. The molecular weight excluding hydrogens is 243 g/mol. The largest absolute Gasteiger partial charge is 0.367 e. The van der Waals surface area contributed by atoms with Crippen LogP contribution in [0.4, 0.5) is 10.1 Å². The van der Waals surface area contributed by atoms with Gasteiger partial charge in [0.25, 0.3) is 0 Å². The van der Waals surface area contributed by atoms with Crippen LogP contribution >= 0.6 is 0 Å². The van der Waals surface area contributed by atoms with Crippen molar-refractivity contribution in [2.45, 2.75) is 6.92 Å². The van der Waals surface area contributed by atoms with Crippen molar-refractivity contribution in [3.8, 4) is 0 Å². The van der Waals surface area contributed by atoms with E-state index in [4.69, 9.17) is 0 Å². The van der Waals surface area contributed by atoms with Gasteiger partial charge in [-0.15, -0.1) is 6.58 Å². The van der Waals surface area contributed by atoms with Gasteiger partial charge in [-0.2, -0.15) is 0 Å². The number of carbonyl (C=O) groups is 1. The number of carbonyl (C=O) groups excluding carboxylic acids is 1. The molecule has 0 bridgehead atoms. The molecule has 0 atom stereocenters. The predicted molar refractivity (Wildman–Crippen MR) is 75.3 cm³/mol. The van der Waals surface area contributed by atoms with E-state index in [0.29, 0.717) is 5.69 Å². The summed E-state index contributed by atoms with van der Waals surface area (Å²) in [5.74, 6) is -0.628. The Hall–Kier alpha value is -1.68. The molecule has 1 aromatic rings. The summed E-state index contributed by atoms with van der Waals surface area (Å²) >= 11 is 0. The highest BCUT2D eigenvalue weighted by Crippen LogP contribution is 2.23. The number of hydrogen-bond acceptors (Lipinski definition) is 3. The molecule has 1 fully saturated rings. The first-order valence-electron chi connectivity index (χ1n) is 6.51. The number of piperazine rings is 1. The van der Waals surface area contributed by atoms with Gasteiger partial charge in [0, 0.05) is 32.7 Å². The fourth-order valence-electron chi connectivity index (χ4n) is 2.39. The van der Waals surface area contributed by atoms with E-state index in [2.05, 4.69) is 11.5 Å². The van der Waals surface area contributed by atoms with Gasteiger partial charge in [0.15, 0.2) is 11.6 Å². The third kappa shape index (κ3) is 3.01. The average Bonchev–Trinajstić information content (AvgIpc) is 2.40. The molecule has 0 unspecified atom stereocenters. The van der Waals surface area contributed by atoms with Crippen LogP contribution in [0.25, 0.3) is 0 Å². The Morgan fingerprint density at radius 3 is 2.63 bits per heavy atom. The first kappa shape index (κ1) is 13.7. The molecule has 0 spiro atoms. The van der Waals surface area contributed by atoms with Crippen LogP contribution in [0.5, 0.6) is 0 Å². The lowest BCUT2D eigenvalue weighted by atomic mass is 10.1. The molecule has 0 aromatic heterocycles. The van der Waals surface area contributed by atoms with Gasteiger partial charge in [0.05, 0.1) is 11.3 Å². The smallest absolute Gasteiger partial charge is 0.162 e. The van der Waals surface area contributed by atoms with Crippen LogP contribution in [0.15, 0.2) is 30.9 Å². The summed E-state index contributed by atoms with van der Waals surface area (Å²) in [5.41, 5.74) is 0.706. The summed E-state index contributed by atoms with van der Waals surface area (Å²) < 4.78 is 14.3. The van der Waals surface area contributed by atoms with Crippen molar-refractivity contribution in [2.24, 2.45) is 0 Å². The van der Waals surface area contributed by atoms with E-state index >= 15 is 0 Å². The minimum atomic E-state index is -0.396. The Morgan fingerprint density at radius 1 is 1.37 bits per heavy atom. The van der Waals surface area contributed by atoms with Crippen LogP contribution in [0.3, 0.4) is 0 Å². The first-order valence-corrected chi connectivity index (χ1v) is 6.51. The monoisotopic (exact) mass is 262 g/mol. The quantitative estimate of drug-likeness (QED) is 0.614. The van der Waals surface area contributed by atoms with Crippen molar-refractivity contribution in [3.63, 3.8) is 0 Å². The van der Waals surface area contributed by atoms with Gasteiger partial charge in [-0.25, -0.2) is 4.39 Å². The molecular formula is C15H19FN2O. The number of ketones is 1. The summed E-state index contributed by atoms with van der Waals surface area (Å²) in [7, 11) is 0. The maximum Gasteiger partial charge on any atom is 0.162 e. The van der Waals surface area contributed by atoms with E-state index in [0.717, 1.165) is 32.7 Å². The topological polar surface area (TPSA) is 23.6 Å². The molecule has 0 aliphatic carbocycles. The summed E-state index contributed by atoms with van der Waals surface area (Å²) in [6, 6.07) is 5.02. The van der Waals surface area contributed by atoms with Gasteiger partial charge in [-0.1, -0.05) is 12.1 Å². The van der Waals surface area contributed by atoms with Crippen molar-refractivity contribution >= 4 is 11.5 Å². The van der Waals surface area contributed by atoms with Gasteiger partial charge in [-0.05, 0) is 19.1 Å². The van der Waals surface area contributed by atoms with Crippen LogP contribution < -0.4 is 4.90 Å². The number of benzene rings is 1. The molecule has 1 saturated heterocycles. The summed E-state index contributed by atoms with van der Waals surface area (Å²) in [6.07, 6.45) is 1.88. The zero-order chi connectivity index (χ0) is 13.8. The highest BCUT2D eigenvalue weighted by Gasteiger charge is 2.20. The molecule has 0 radical (unpaired) electrons. The lowest BCUT2D eigenvalue weighted by Crippen LogP contribution is -2.46. The van der Waals surface area contributed by atoms with E-state index in [9.17, 15) is 9.18 Å². The van der Waals surface area contributed by atoms with E-state index in [-0.39, 0.29) is 11.3 Å². The third-order valence-corrected chi connectivity index (χ3v) is 3.46. The fourth-order valence-corrected chi connectivity index (χ4v) is 2.39. The summed E-state index contributed by atoms with van der Waals surface area (Å²) in [6.45, 7) is 9.29. The normalized spacial score (nSPS) is 16.4. The second-order valence-corrected chi connectivity index (χ2v) is 4.77. The number of halogens is 1. The molecule has 0 saturated carbocycles. The zero-order valence-electron chi connectivity index (χ0n) is 11.2. The number of hydrogen-bond donors (Lipinski definition) is 0. The van der Waals surface area contributed by atoms with E-state index in [1.807, 2.05) is 11.0 Å². The van der Waals surface area contributed by atoms with Crippen molar-refractivity contribution in [1.82, 2.24) is 4.90 Å². The average molecular weight is 262 g/mol. The second kappa shape index (κ2) is 5.97. The molecule has 102 valence electrons. The molecule has 0 N–H and O–H groups in total. The van der Waals surface area contributed by atoms with Crippen LogP contribution in [-0.2, 0) is 0 Å². The van der Waals surface area contributed by atoms with Gasteiger partial charge >= 0.3 is 0 Å². The molecule has 1 aliphatic rings. The lowest BCUT2D eigenvalue weighted by molar-refractivity contribution is 0.101. The molecule has 1 aromatic carbocycles. The number of rotatable bonds is 4. The minimum absolute atomic E-state index is 0.172. The molecule has 19 heavy (non-hydrogen) atoms. The van der Waals surface area contributed by atoms with Crippen molar-refractivity contribution < 1.29 is 9.18 Å². The van der Waals surface area contributed by atoms with Gasteiger partial charge in [-0.3, -0.25) is 9.69 Å². The molecule has 0 amide bonds. The minimum Gasteiger partial charge on any atom is -0.367 e. The molecule has 2 rings (SSSR count). The number of Topliss-reactive ketones (excluding diaryl/α,β-unsaturated/α-hetero) is 1. The maximum absolute atomic E-state index is 14.3.